The Kier molecular flexibility index (Phi) is 1.73. The Balaban J connectivity index is 2.33. The Morgan fingerprint density at radius 3 is 2.83 bits per heavy atom. The van der Waals surface area contributed by atoms with Gasteiger partial charge in [0.1, 0.15) is 0 Å². The van der Waals surface area contributed by atoms with E-state index in [-0.39, 0.29) is 5.56 Å². The maximum absolute atomic E-state index is 11.0. The number of aromatic amines is 1. The summed E-state index contributed by atoms with van der Waals surface area (Å²) >= 11 is 0. The number of hydrogen-bond donors (Lipinski definition) is 2. The van der Waals surface area contributed by atoms with E-state index in [0.717, 1.165) is 12.1 Å². The third-order valence-electron chi connectivity index (χ3n) is 2.34. The second-order valence-corrected chi connectivity index (χ2v) is 3.24. The number of H-pyrrole nitrogens is 1. The van der Waals surface area contributed by atoms with Gasteiger partial charge in [-0.2, -0.15) is 0 Å². The Morgan fingerprint density at radius 1 is 1.58 bits per heavy atom. The summed E-state index contributed by atoms with van der Waals surface area (Å²) in [5, 5.41) is 3.29. The van der Waals surface area contributed by atoms with Crippen molar-refractivity contribution in [1.29, 1.82) is 0 Å². The van der Waals surface area contributed by atoms with Crippen LogP contribution in [0.15, 0.2) is 17.1 Å². The average Bonchev–Trinajstić information content (AvgIpc) is 1.93. The van der Waals surface area contributed by atoms with Gasteiger partial charge >= 0.3 is 0 Å². The van der Waals surface area contributed by atoms with Gasteiger partial charge in [0.2, 0.25) is 0 Å². The minimum absolute atomic E-state index is 0.0121. The lowest BCUT2D eigenvalue weighted by molar-refractivity contribution is 0.382. The van der Waals surface area contributed by atoms with Crippen molar-refractivity contribution in [2.24, 2.45) is 0 Å². The zero-order chi connectivity index (χ0) is 8.55. The van der Waals surface area contributed by atoms with Crippen LogP contribution in [0.25, 0.3) is 0 Å². The van der Waals surface area contributed by atoms with Gasteiger partial charge in [-0.15, -0.1) is 0 Å². The van der Waals surface area contributed by atoms with Crippen molar-refractivity contribution in [3.8, 4) is 0 Å². The highest BCUT2D eigenvalue weighted by atomic mass is 16.1. The summed E-state index contributed by atoms with van der Waals surface area (Å²) in [6.45, 7) is 2.92. The lowest BCUT2D eigenvalue weighted by Gasteiger charge is -2.27. The summed E-state index contributed by atoms with van der Waals surface area (Å²) in [5.41, 5.74) is 2.00. The zero-order valence-corrected chi connectivity index (χ0v) is 7.05. The van der Waals surface area contributed by atoms with E-state index in [9.17, 15) is 4.79 Å². The first-order valence-electron chi connectivity index (χ1n) is 4.20. The minimum atomic E-state index is 0.0121. The molecule has 0 amide bonds. The van der Waals surface area contributed by atoms with Crippen molar-refractivity contribution in [3.63, 3.8) is 0 Å². The smallest absolute Gasteiger partial charge is 0.250 e. The molecule has 0 unspecified atom stereocenters. The monoisotopic (exact) mass is 164 g/mol. The Labute approximate surface area is 70.8 Å². The van der Waals surface area contributed by atoms with Crippen molar-refractivity contribution in [1.82, 2.24) is 10.3 Å². The van der Waals surface area contributed by atoms with Gasteiger partial charge < -0.3 is 10.3 Å². The second-order valence-electron chi connectivity index (χ2n) is 3.24. The minimum Gasteiger partial charge on any atom is -0.329 e. The Bertz CT molecular complexity index is 339. The highest BCUT2D eigenvalue weighted by Gasteiger charge is 2.18. The fraction of sp³-hybridized carbons (Fsp3) is 0.444. The van der Waals surface area contributed by atoms with Crippen LogP contribution in [0.1, 0.15) is 23.6 Å². The summed E-state index contributed by atoms with van der Waals surface area (Å²) in [7, 11) is 0. The van der Waals surface area contributed by atoms with E-state index in [1.807, 2.05) is 13.0 Å². The highest BCUT2D eigenvalue weighted by Crippen LogP contribution is 2.21. The molecule has 0 spiro atoms. The molecule has 1 saturated heterocycles. The van der Waals surface area contributed by atoms with Crippen LogP contribution in [0, 0.1) is 6.92 Å². The molecule has 3 nitrogen and oxygen atoms in total. The van der Waals surface area contributed by atoms with Crippen LogP contribution in [-0.4, -0.2) is 11.5 Å². The van der Waals surface area contributed by atoms with E-state index in [0.29, 0.717) is 6.04 Å². The summed E-state index contributed by atoms with van der Waals surface area (Å²) < 4.78 is 0. The van der Waals surface area contributed by atoms with Gasteiger partial charge in [0.05, 0.1) is 0 Å². The summed E-state index contributed by atoms with van der Waals surface area (Å²) in [6, 6.07) is 2.41. The molecule has 0 aromatic carbocycles. The molecular formula is C9H12N2O. The van der Waals surface area contributed by atoms with Gasteiger partial charge in [-0.1, -0.05) is 0 Å². The van der Waals surface area contributed by atoms with E-state index in [4.69, 9.17) is 0 Å². The van der Waals surface area contributed by atoms with Crippen molar-refractivity contribution >= 4 is 0 Å². The molecule has 3 heteroatoms. The van der Waals surface area contributed by atoms with Gasteiger partial charge in [-0.3, -0.25) is 4.79 Å². The molecule has 64 valence electrons. The molecule has 0 bridgehead atoms. The van der Waals surface area contributed by atoms with Gasteiger partial charge in [0, 0.05) is 17.8 Å². The maximum Gasteiger partial charge on any atom is 0.250 e. The van der Waals surface area contributed by atoms with Crippen LogP contribution < -0.4 is 10.9 Å². The number of nitrogens with one attached hydrogen (secondary N) is 2. The van der Waals surface area contributed by atoms with E-state index >= 15 is 0 Å². The Hall–Kier alpha value is -1.09. The van der Waals surface area contributed by atoms with Crippen molar-refractivity contribution in [2.75, 3.05) is 6.54 Å². The number of rotatable bonds is 1. The molecule has 0 aliphatic carbocycles. The molecule has 1 atom stereocenters. The van der Waals surface area contributed by atoms with Gasteiger partial charge in [0.15, 0.2) is 0 Å². The summed E-state index contributed by atoms with van der Waals surface area (Å²) in [5.74, 6) is 0. The standard InChI is InChI=1S/C9H12N2O/c1-6-4-7(5-11-9(6)12)8-2-3-10-8/h4-5,8,10H,2-3H2,1H3,(H,11,12)/t8-/m0/s1. The fourth-order valence-electron chi connectivity index (χ4n) is 1.39. The van der Waals surface area contributed by atoms with Crippen molar-refractivity contribution in [2.45, 2.75) is 19.4 Å². The average molecular weight is 164 g/mol. The number of pyridine rings is 1. The first-order chi connectivity index (χ1) is 5.77. The normalized spacial score (nSPS) is 21.9. The van der Waals surface area contributed by atoms with E-state index in [2.05, 4.69) is 10.3 Å². The van der Waals surface area contributed by atoms with Crippen LogP contribution in [0.4, 0.5) is 0 Å². The quantitative estimate of drug-likeness (QED) is 0.642. The molecule has 1 aromatic heterocycles. The maximum atomic E-state index is 11.0. The molecule has 2 N–H and O–H groups in total. The van der Waals surface area contributed by atoms with Crippen LogP contribution in [-0.2, 0) is 0 Å². The second kappa shape index (κ2) is 2.75. The highest BCUT2D eigenvalue weighted by molar-refractivity contribution is 5.21. The number of aryl methyl sites for hydroxylation is 1. The summed E-state index contributed by atoms with van der Waals surface area (Å²) in [6.07, 6.45) is 2.97. The fourth-order valence-corrected chi connectivity index (χ4v) is 1.39. The number of aromatic nitrogens is 1. The van der Waals surface area contributed by atoms with Gasteiger partial charge in [0.25, 0.3) is 5.56 Å². The van der Waals surface area contributed by atoms with Crippen molar-refractivity contribution in [3.05, 3.63) is 33.7 Å². The molecule has 1 aliphatic rings. The lowest BCUT2D eigenvalue weighted by Crippen LogP contribution is -2.35. The first-order valence-corrected chi connectivity index (χ1v) is 4.20. The number of hydrogen-bond acceptors (Lipinski definition) is 2. The Morgan fingerprint density at radius 2 is 2.33 bits per heavy atom. The molecule has 2 rings (SSSR count). The largest absolute Gasteiger partial charge is 0.329 e. The molecule has 1 fully saturated rings. The first kappa shape index (κ1) is 7.55. The third kappa shape index (κ3) is 1.16. The van der Waals surface area contributed by atoms with E-state index in [1.54, 1.807) is 6.20 Å². The predicted molar refractivity (Wildman–Crippen MR) is 47.2 cm³/mol. The van der Waals surface area contributed by atoms with Crippen molar-refractivity contribution < 1.29 is 0 Å². The molecular weight excluding hydrogens is 152 g/mol. The van der Waals surface area contributed by atoms with E-state index < -0.39 is 0 Å². The molecule has 1 aromatic rings. The topological polar surface area (TPSA) is 44.9 Å². The third-order valence-corrected chi connectivity index (χ3v) is 2.34. The van der Waals surface area contributed by atoms with Crippen LogP contribution in [0.3, 0.4) is 0 Å². The predicted octanol–water partition coefficient (Wildman–Crippen LogP) is 0.718. The summed E-state index contributed by atoms with van der Waals surface area (Å²) in [4.78, 5) is 13.7. The van der Waals surface area contributed by atoms with E-state index in [1.165, 1.54) is 12.0 Å². The van der Waals surface area contributed by atoms with Gasteiger partial charge in [-0.05, 0) is 31.5 Å². The van der Waals surface area contributed by atoms with Crippen LogP contribution in [0.5, 0.6) is 0 Å². The molecule has 0 radical (unpaired) electrons. The zero-order valence-electron chi connectivity index (χ0n) is 7.05. The van der Waals surface area contributed by atoms with Crippen LogP contribution in [0.2, 0.25) is 0 Å². The molecule has 0 saturated carbocycles. The molecule has 2 heterocycles. The molecule has 1 aliphatic heterocycles. The molecule has 12 heavy (non-hydrogen) atoms. The van der Waals surface area contributed by atoms with Gasteiger partial charge in [-0.25, -0.2) is 0 Å². The van der Waals surface area contributed by atoms with Crippen LogP contribution >= 0.6 is 0 Å². The SMILES string of the molecule is Cc1cc([C@@H]2CCN2)c[nH]c1=O. The lowest BCUT2D eigenvalue weighted by atomic mass is 9.99.